The Morgan fingerprint density at radius 1 is 1.04 bits per heavy atom. The van der Waals surface area contributed by atoms with Crippen molar-refractivity contribution >= 4 is 29.9 Å². The molecule has 0 fully saturated rings. The van der Waals surface area contributed by atoms with Crippen molar-refractivity contribution in [2.75, 3.05) is 20.3 Å². The number of rotatable bonds is 10. The predicted molar refractivity (Wildman–Crippen MR) is 126 cm³/mol. The van der Waals surface area contributed by atoms with Crippen LogP contribution in [-0.4, -0.2) is 26.2 Å². The molecule has 0 heterocycles. The van der Waals surface area contributed by atoms with Gasteiger partial charge < -0.3 is 20.1 Å². The molecule has 0 aliphatic carbocycles. The summed E-state index contributed by atoms with van der Waals surface area (Å²) in [5, 5.41) is 6.68. The maximum atomic E-state index is 5.71. The number of guanidine groups is 1. The van der Waals surface area contributed by atoms with Crippen LogP contribution in [0, 0.1) is 0 Å². The van der Waals surface area contributed by atoms with Crippen molar-refractivity contribution < 1.29 is 9.47 Å². The van der Waals surface area contributed by atoms with E-state index in [1.54, 1.807) is 13.2 Å². The second-order valence-corrected chi connectivity index (χ2v) is 5.96. The number of ether oxygens (including phenoxy) is 2. The van der Waals surface area contributed by atoms with Crippen LogP contribution in [0.3, 0.4) is 0 Å². The highest BCUT2D eigenvalue weighted by Gasteiger charge is 2.05. The number of nitrogens with one attached hydrogen (secondary N) is 2. The summed E-state index contributed by atoms with van der Waals surface area (Å²) in [7, 11) is 1.71. The maximum absolute atomic E-state index is 5.71. The molecule has 0 unspecified atom stereocenters. The van der Waals surface area contributed by atoms with Crippen LogP contribution in [0.2, 0.25) is 0 Å². The van der Waals surface area contributed by atoms with Gasteiger partial charge in [-0.15, -0.1) is 24.0 Å². The van der Waals surface area contributed by atoms with Crippen molar-refractivity contribution in [3.63, 3.8) is 0 Å². The molecule has 5 nitrogen and oxygen atoms in total. The molecular weight excluding hydrogens is 465 g/mol. The normalized spacial score (nSPS) is 10.7. The molecule has 28 heavy (non-hydrogen) atoms. The van der Waals surface area contributed by atoms with E-state index < -0.39 is 0 Å². The van der Waals surface area contributed by atoms with Crippen LogP contribution in [0.15, 0.2) is 66.2 Å². The minimum Gasteiger partial charge on any atom is -0.489 e. The number of para-hydroxylation sites is 1. The molecule has 2 aromatic rings. The number of hydrogen-bond donors (Lipinski definition) is 2. The van der Waals surface area contributed by atoms with Crippen molar-refractivity contribution in [3.05, 3.63) is 77.9 Å². The van der Waals surface area contributed by atoms with Gasteiger partial charge in [0.15, 0.2) is 5.96 Å². The number of hydrogen-bond acceptors (Lipinski definition) is 3. The van der Waals surface area contributed by atoms with E-state index in [1.165, 1.54) is 11.1 Å². The summed E-state index contributed by atoms with van der Waals surface area (Å²) in [6, 6.07) is 16.2. The zero-order valence-electron chi connectivity index (χ0n) is 16.6. The van der Waals surface area contributed by atoms with E-state index >= 15 is 0 Å². The first kappa shape index (κ1) is 24.0. The van der Waals surface area contributed by atoms with Crippen molar-refractivity contribution in [1.82, 2.24) is 10.6 Å². The Balaban J connectivity index is 0.00000392. The molecule has 0 atom stereocenters. The zero-order valence-corrected chi connectivity index (χ0v) is 18.9. The SMILES string of the molecule is C=CCOc1ccccc1CN=C(NCC)NCc1ccccc1COC.I. The number of aliphatic imine (C=N–C) groups is 1. The monoisotopic (exact) mass is 495 g/mol. The van der Waals surface area contributed by atoms with Crippen LogP contribution in [0.5, 0.6) is 5.75 Å². The fraction of sp³-hybridized carbons (Fsp3) is 0.318. The Bertz CT molecular complexity index is 750. The quantitative estimate of drug-likeness (QED) is 0.224. The molecule has 6 heteroatoms. The average Bonchev–Trinajstić information content (AvgIpc) is 2.70. The molecule has 0 saturated carbocycles. The maximum Gasteiger partial charge on any atom is 0.191 e. The molecule has 0 amide bonds. The standard InChI is InChI=1S/C22H29N3O2.HI/c1-4-14-27-21-13-9-8-11-19(21)16-25-22(23-5-2)24-15-18-10-6-7-12-20(18)17-26-3;/h4,6-13H,1,5,14-17H2,2-3H3,(H2,23,24,25);1H. The number of methoxy groups -OCH3 is 1. The van der Waals surface area contributed by atoms with Crippen LogP contribution in [0.1, 0.15) is 23.6 Å². The molecule has 0 aromatic heterocycles. The van der Waals surface area contributed by atoms with Gasteiger partial charge in [-0.1, -0.05) is 55.1 Å². The summed E-state index contributed by atoms with van der Waals surface area (Å²) in [5.74, 6) is 1.60. The number of nitrogens with zero attached hydrogens (tertiary/aromatic N) is 1. The lowest BCUT2D eigenvalue weighted by Crippen LogP contribution is -2.37. The Morgan fingerprint density at radius 2 is 1.71 bits per heavy atom. The van der Waals surface area contributed by atoms with Crippen LogP contribution >= 0.6 is 24.0 Å². The Morgan fingerprint density at radius 3 is 2.39 bits per heavy atom. The molecule has 2 rings (SSSR count). The minimum atomic E-state index is 0. The highest BCUT2D eigenvalue weighted by Crippen LogP contribution is 2.18. The van der Waals surface area contributed by atoms with Gasteiger partial charge in [-0.2, -0.15) is 0 Å². The fourth-order valence-corrected chi connectivity index (χ4v) is 2.64. The summed E-state index contributed by atoms with van der Waals surface area (Å²) in [6.45, 7) is 8.83. The molecule has 0 aliphatic heterocycles. The van der Waals surface area contributed by atoms with Crippen molar-refractivity contribution in [3.8, 4) is 5.75 Å². The van der Waals surface area contributed by atoms with Gasteiger partial charge in [-0.3, -0.25) is 0 Å². The smallest absolute Gasteiger partial charge is 0.191 e. The van der Waals surface area contributed by atoms with E-state index in [0.717, 1.165) is 23.8 Å². The minimum absolute atomic E-state index is 0. The first-order chi connectivity index (χ1) is 13.3. The van der Waals surface area contributed by atoms with Gasteiger partial charge in [-0.25, -0.2) is 4.99 Å². The van der Waals surface area contributed by atoms with E-state index in [1.807, 2.05) is 36.4 Å². The first-order valence-corrected chi connectivity index (χ1v) is 9.18. The molecular formula is C22H30IN3O2. The topological polar surface area (TPSA) is 54.9 Å². The molecule has 0 aliphatic rings. The fourth-order valence-electron chi connectivity index (χ4n) is 2.64. The molecule has 152 valence electrons. The van der Waals surface area contributed by atoms with Gasteiger partial charge in [0.1, 0.15) is 12.4 Å². The van der Waals surface area contributed by atoms with Crippen LogP contribution in [0.4, 0.5) is 0 Å². The summed E-state index contributed by atoms with van der Waals surface area (Å²) >= 11 is 0. The van der Waals surface area contributed by atoms with E-state index in [9.17, 15) is 0 Å². The second-order valence-electron chi connectivity index (χ2n) is 5.96. The van der Waals surface area contributed by atoms with E-state index in [2.05, 4.69) is 36.3 Å². The molecule has 2 N–H and O–H groups in total. The highest BCUT2D eigenvalue weighted by molar-refractivity contribution is 14.0. The van der Waals surface area contributed by atoms with Gasteiger partial charge in [0.2, 0.25) is 0 Å². The molecule has 2 aromatic carbocycles. The molecule has 0 saturated heterocycles. The average molecular weight is 495 g/mol. The Kier molecular flexibility index (Phi) is 12.0. The van der Waals surface area contributed by atoms with Gasteiger partial charge in [0, 0.05) is 25.8 Å². The van der Waals surface area contributed by atoms with Crippen molar-refractivity contribution in [2.45, 2.75) is 26.6 Å². The molecule has 0 spiro atoms. The zero-order chi connectivity index (χ0) is 19.3. The largest absolute Gasteiger partial charge is 0.489 e. The summed E-state index contributed by atoms with van der Waals surface area (Å²) in [5.41, 5.74) is 3.41. The summed E-state index contributed by atoms with van der Waals surface area (Å²) < 4.78 is 11.0. The lowest BCUT2D eigenvalue weighted by Gasteiger charge is -2.14. The van der Waals surface area contributed by atoms with E-state index in [-0.39, 0.29) is 24.0 Å². The van der Waals surface area contributed by atoms with Gasteiger partial charge in [0.05, 0.1) is 13.2 Å². The second kappa shape index (κ2) is 14.0. The lowest BCUT2D eigenvalue weighted by molar-refractivity contribution is 0.184. The van der Waals surface area contributed by atoms with Crippen LogP contribution < -0.4 is 15.4 Å². The number of benzene rings is 2. The highest BCUT2D eigenvalue weighted by atomic mass is 127. The third kappa shape index (κ3) is 7.90. The van der Waals surface area contributed by atoms with Gasteiger partial charge in [-0.05, 0) is 24.1 Å². The van der Waals surface area contributed by atoms with Gasteiger partial charge in [0.25, 0.3) is 0 Å². The summed E-state index contributed by atoms with van der Waals surface area (Å²) in [6.07, 6.45) is 1.74. The van der Waals surface area contributed by atoms with Gasteiger partial charge >= 0.3 is 0 Å². The third-order valence-corrected chi connectivity index (χ3v) is 3.95. The Hall–Kier alpha value is -2.06. The van der Waals surface area contributed by atoms with Crippen molar-refractivity contribution in [1.29, 1.82) is 0 Å². The summed E-state index contributed by atoms with van der Waals surface area (Å²) in [4.78, 5) is 4.70. The van der Waals surface area contributed by atoms with Crippen LogP contribution in [-0.2, 0) is 24.4 Å². The Labute approximate surface area is 185 Å². The molecule has 0 bridgehead atoms. The van der Waals surface area contributed by atoms with E-state index in [4.69, 9.17) is 14.5 Å². The lowest BCUT2D eigenvalue weighted by atomic mass is 10.1. The third-order valence-electron chi connectivity index (χ3n) is 3.95. The first-order valence-electron chi connectivity index (χ1n) is 9.18. The predicted octanol–water partition coefficient (Wildman–Crippen LogP) is 4.27. The van der Waals surface area contributed by atoms with E-state index in [0.29, 0.717) is 26.3 Å². The van der Waals surface area contributed by atoms with Crippen molar-refractivity contribution in [2.24, 2.45) is 4.99 Å². The molecule has 0 radical (unpaired) electrons. The van der Waals surface area contributed by atoms with Crippen LogP contribution in [0.25, 0.3) is 0 Å². The number of halogens is 1.